The van der Waals surface area contributed by atoms with Crippen molar-refractivity contribution in [2.75, 3.05) is 26.6 Å². The van der Waals surface area contributed by atoms with E-state index in [1.807, 2.05) is 32.0 Å². The molecule has 10 nitrogen and oxygen atoms in total. The van der Waals surface area contributed by atoms with Gasteiger partial charge in [-0.2, -0.15) is 10.0 Å². The Hall–Kier alpha value is -3.64. The van der Waals surface area contributed by atoms with Crippen LogP contribution in [0.5, 0.6) is 17.2 Å². The van der Waals surface area contributed by atoms with Crippen LogP contribution in [0.4, 0.5) is 0 Å². The number of amidine groups is 2. The van der Waals surface area contributed by atoms with Crippen molar-refractivity contribution in [1.82, 2.24) is 5.01 Å². The molecule has 2 heterocycles. The minimum absolute atomic E-state index is 0.0258. The van der Waals surface area contributed by atoms with E-state index in [2.05, 4.69) is 10.1 Å². The topological polar surface area (TPSA) is 131 Å². The molecule has 2 aliphatic rings. The highest BCUT2D eigenvalue weighted by molar-refractivity contribution is 8.42. The summed E-state index contributed by atoms with van der Waals surface area (Å²) in [5.74, 6) is 0.930. The van der Waals surface area contributed by atoms with Gasteiger partial charge >= 0.3 is 0 Å². The molecule has 12 heteroatoms. The fraction of sp³-hybridized carbons (Fsp3) is 0.280. The number of hydrogen-bond donors (Lipinski definition) is 1. The molecular weight excluding hydrogens is 516 g/mol. The number of methoxy groups -OCH3 is 1. The van der Waals surface area contributed by atoms with Gasteiger partial charge in [-0.1, -0.05) is 18.2 Å². The first kappa shape index (κ1) is 26.4. The lowest BCUT2D eigenvalue weighted by atomic mass is 10.1. The molecule has 2 aromatic carbocycles. The van der Waals surface area contributed by atoms with Crippen LogP contribution in [-0.4, -0.2) is 61.3 Å². The molecule has 0 radical (unpaired) electrons. The Morgan fingerprint density at radius 2 is 1.78 bits per heavy atom. The van der Waals surface area contributed by atoms with Crippen LogP contribution >= 0.6 is 11.8 Å². The molecule has 0 unspecified atom stereocenters. The summed E-state index contributed by atoms with van der Waals surface area (Å²) >= 11 is 0.740. The smallest absolute Gasteiger partial charge is 0.283 e. The average molecular weight is 543 g/mol. The van der Waals surface area contributed by atoms with E-state index in [-0.39, 0.29) is 21.0 Å². The summed E-state index contributed by atoms with van der Waals surface area (Å²) in [5.41, 5.74) is 2.77. The second-order valence-corrected chi connectivity index (χ2v) is 11.5. The van der Waals surface area contributed by atoms with Gasteiger partial charge in [-0.25, -0.2) is 8.42 Å². The fourth-order valence-corrected chi connectivity index (χ4v) is 5.16. The molecule has 2 aromatic rings. The van der Waals surface area contributed by atoms with Gasteiger partial charge in [0.25, 0.3) is 5.91 Å². The third kappa shape index (κ3) is 6.03. The second-order valence-electron chi connectivity index (χ2n) is 8.39. The zero-order valence-corrected chi connectivity index (χ0v) is 22.4. The number of carbonyl (C=O) groups excluding carboxylic acids is 1. The number of ether oxygens (including phenoxy) is 3. The lowest BCUT2D eigenvalue weighted by Crippen LogP contribution is -2.35. The molecule has 1 amide bonds. The molecule has 0 bridgehead atoms. The number of hydrazone groups is 1. The minimum atomic E-state index is -3.60. The van der Waals surface area contributed by atoms with Gasteiger partial charge in [-0.05, 0) is 66.6 Å². The number of amides is 1. The van der Waals surface area contributed by atoms with Crippen LogP contribution in [0.2, 0.25) is 0 Å². The Balaban J connectivity index is 1.41. The van der Waals surface area contributed by atoms with Crippen LogP contribution < -0.4 is 14.2 Å². The number of thioether (sulfide) groups is 1. The Morgan fingerprint density at radius 3 is 2.49 bits per heavy atom. The molecule has 0 fully saturated rings. The van der Waals surface area contributed by atoms with Crippen molar-refractivity contribution < 1.29 is 27.4 Å². The van der Waals surface area contributed by atoms with Crippen LogP contribution in [0, 0.1) is 19.3 Å². The van der Waals surface area contributed by atoms with E-state index < -0.39 is 15.7 Å². The largest absolute Gasteiger partial charge is 0.493 e. The summed E-state index contributed by atoms with van der Waals surface area (Å²) in [6.07, 6.45) is 3.15. The van der Waals surface area contributed by atoms with Crippen LogP contribution in [0.3, 0.4) is 0 Å². The first-order valence-electron chi connectivity index (χ1n) is 11.3. The lowest BCUT2D eigenvalue weighted by Gasteiger charge is -2.20. The molecule has 2 aliphatic heterocycles. The number of nitrogens with one attached hydrogen (secondary N) is 1. The van der Waals surface area contributed by atoms with Gasteiger partial charge in [0.05, 0.1) is 25.9 Å². The fourth-order valence-electron chi connectivity index (χ4n) is 3.47. The van der Waals surface area contributed by atoms with Crippen molar-refractivity contribution in [1.29, 1.82) is 5.41 Å². The van der Waals surface area contributed by atoms with Gasteiger partial charge in [-0.15, -0.1) is 5.10 Å². The monoisotopic (exact) mass is 542 g/mol. The molecule has 37 heavy (non-hydrogen) atoms. The first-order chi connectivity index (χ1) is 17.6. The highest BCUT2D eigenvalue weighted by Crippen LogP contribution is 2.32. The second kappa shape index (κ2) is 10.8. The number of fused-ring (bicyclic) bond motifs is 1. The maximum atomic E-state index is 12.6. The summed E-state index contributed by atoms with van der Waals surface area (Å²) < 4.78 is 40.6. The first-order valence-corrected chi connectivity index (χ1v) is 14.0. The normalized spacial score (nSPS) is 16.4. The summed E-state index contributed by atoms with van der Waals surface area (Å²) in [6, 6.07) is 11.2. The number of benzene rings is 2. The van der Waals surface area contributed by atoms with Crippen LogP contribution in [0.15, 0.2) is 52.1 Å². The number of aryl methyl sites for hydroxylation is 2. The van der Waals surface area contributed by atoms with E-state index in [1.165, 1.54) is 13.2 Å². The molecule has 0 saturated carbocycles. The number of rotatable bonds is 8. The van der Waals surface area contributed by atoms with Crippen molar-refractivity contribution in [3.05, 3.63) is 58.7 Å². The molecular formula is C25H26N4O6S2. The van der Waals surface area contributed by atoms with E-state index in [4.69, 9.17) is 19.6 Å². The lowest BCUT2D eigenvalue weighted by molar-refractivity contribution is -0.114. The number of sulfone groups is 1. The van der Waals surface area contributed by atoms with E-state index in [0.717, 1.165) is 39.9 Å². The molecule has 4 rings (SSSR count). The average Bonchev–Trinajstić information content (AvgIpc) is 3.29. The third-order valence-corrected chi connectivity index (χ3v) is 7.98. The molecule has 0 saturated heterocycles. The summed E-state index contributed by atoms with van der Waals surface area (Å²) in [7, 11) is -2.09. The highest BCUT2D eigenvalue weighted by atomic mass is 32.3. The Kier molecular flexibility index (Phi) is 7.69. The zero-order chi connectivity index (χ0) is 26.7. The Labute approximate surface area is 219 Å². The quantitative estimate of drug-likeness (QED) is 0.394. The third-order valence-electron chi connectivity index (χ3n) is 5.40. The van der Waals surface area contributed by atoms with Gasteiger partial charge in [0.15, 0.2) is 17.3 Å². The zero-order valence-electron chi connectivity index (χ0n) is 20.8. The molecule has 1 N–H and O–H groups in total. The van der Waals surface area contributed by atoms with Crippen LogP contribution in [0.1, 0.15) is 23.1 Å². The number of carbonyl (C=O) groups is 1. The van der Waals surface area contributed by atoms with Gasteiger partial charge < -0.3 is 14.2 Å². The Bertz CT molecular complexity index is 1460. The maximum Gasteiger partial charge on any atom is 0.283 e. The summed E-state index contributed by atoms with van der Waals surface area (Å²) in [5, 5.41) is 13.4. The van der Waals surface area contributed by atoms with Crippen molar-refractivity contribution in [2.45, 2.75) is 20.3 Å². The van der Waals surface area contributed by atoms with E-state index in [9.17, 15) is 13.2 Å². The number of hydrogen-bond acceptors (Lipinski definition) is 9. The summed E-state index contributed by atoms with van der Waals surface area (Å²) in [4.78, 5) is 16.5. The number of aliphatic imine (C=N–C) groups is 1. The van der Waals surface area contributed by atoms with Crippen LogP contribution in [0.25, 0.3) is 6.08 Å². The minimum Gasteiger partial charge on any atom is -0.493 e. The van der Waals surface area contributed by atoms with Gasteiger partial charge in [0.1, 0.15) is 5.75 Å². The van der Waals surface area contributed by atoms with Crippen molar-refractivity contribution in [3.8, 4) is 17.2 Å². The van der Waals surface area contributed by atoms with Gasteiger partial charge in [0, 0.05) is 12.7 Å². The molecule has 0 aliphatic carbocycles. The van der Waals surface area contributed by atoms with Crippen molar-refractivity contribution >= 4 is 49.0 Å². The van der Waals surface area contributed by atoms with Crippen LogP contribution in [-0.2, 0) is 14.6 Å². The predicted octanol–water partition coefficient (Wildman–Crippen LogP) is 3.78. The molecule has 0 atom stereocenters. The predicted molar refractivity (Wildman–Crippen MR) is 144 cm³/mol. The standard InChI is InChI=1S/C25H26N4O6S2/c1-15-6-7-16(2)20(12-15)35-11-5-10-34-19-9-8-17(14-21(19)33-3)13-18-22(26)29-24(27-23(18)30)36-25(28-29)37(4,31)32/h6-9,12-14,26H,5,10-11H2,1-4H3/b18-13-,26-22?. The molecule has 194 valence electrons. The van der Waals surface area contributed by atoms with Gasteiger partial charge in [-0.3, -0.25) is 10.2 Å². The van der Waals surface area contributed by atoms with E-state index >= 15 is 0 Å². The van der Waals surface area contributed by atoms with E-state index in [1.54, 1.807) is 18.2 Å². The molecule has 0 aromatic heterocycles. The Morgan fingerprint density at radius 1 is 1.05 bits per heavy atom. The van der Waals surface area contributed by atoms with Gasteiger partial charge in [0.2, 0.25) is 19.4 Å². The highest BCUT2D eigenvalue weighted by Gasteiger charge is 2.38. The summed E-state index contributed by atoms with van der Waals surface area (Å²) in [6.45, 7) is 4.94. The SMILES string of the molecule is COc1cc(/C=C2/C(=N)N3N=C(S(C)(=O)=O)SC3=NC2=O)ccc1OCCCOc1cc(C)ccc1C. The number of nitrogens with zero attached hydrogens (tertiary/aromatic N) is 3. The van der Waals surface area contributed by atoms with Crippen molar-refractivity contribution in [2.24, 2.45) is 10.1 Å². The van der Waals surface area contributed by atoms with E-state index in [0.29, 0.717) is 36.7 Å². The van der Waals surface area contributed by atoms with Crippen molar-refractivity contribution in [3.63, 3.8) is 0 Å². The maximum absolute atomic E-state index is 12.6. The molecule has 0 spiro atoms.